The van der Waals surface area contributed by atoms with Crippen LogP contribution in [-0.4, -0.2) is 36.5 Å². The number of pyridine rings is 1. The maximum atomic E-state index is 11.7. The first-order chi connectivity index (χ1) is 8.25. The Morgan fingerprint density at radius 1 is 1.53 bits per heavy atom. The second-order valence-electron chi connectivity index (χ2n) is 3.58. The molecule has 94 valence electrons. The molecule has 4 nitrogen and oxygen atoms in total. The number of halogens is 1. The van der Waals surface area contributed by atoms with E-state index in [4.69, 9.17) is 16.3 Å². The monoisotopic (exact) mass is 256 g/mol. The number of alkyl halides is 1. The van der Waals surface area contributed by atoms with Crippen LogP contribution in [0.15, 0.2) is 18.3 Å². The molecule has 1 aromatic heterocycles. The van der Waals surface area contributed by atoms with E-state index in [1.54, 1.807) is 6.20 Å². The quantitative estimate of drug-likeness (QED) is 0.598. The van der Waals surface area contributed by atoms with Crippen molar-refractivity contribution in [1.29, 1.82) is 0 Å². The van der Waals surface area contributed by atoms with Crippen molar-refractivity contribution >= 4 is 17.5 Å². The van der Waals surface area contributed by atoms with Gasteiger partial charge in [0.1, 0.15) is 5.69 Å². The van der Waals surface area contributed by atoms with Crippen LogP contribution >= 0.6 is 11.6 Å². The van der Waals surface area contributed by atoms with Gasteiger partial charge >= 0.3 is 0 Å². The Hall–Kier alpha value is -1.13. The SMILES string of the molecule is Cc1cccnc1C(=O)NCCCOCCCl. The minimum Gasteiger partial charge on any atom is -0.380 e. The molecule has 17 heavy (non-hydrogen) atoms. The first-order valence-corrected chi connectivity index (χ1v) is 6.12. The molecule has 1 N–H and O–H groups in total. The zero-order chi connectivity index (χ0) is 12.5. The van der Waals surface area contributed by atoms with Crippen LogP contribution < -0.4 is 5.32 Å². The van der Waals surface area contributed by atoms with Crippen LogP contribution in [0, 0.1) is 6.92 Å². The van der Waals surface area contributed by atoms with Gasteiger partial charge in [-0.1, -0.05) is 6.07 Å². The Bertz CT molecular complexity index is 358. The Balaban J connectivity index is 2.24. The number of aryl methyl sites for hydroxylation is 1. The summed E-state index contributed by atoms with van der Waals surface area (Å²) in [6, 6.07) is 3.68. The minimum absolute atomic E-state index is 0.138. The van der Waals surface area contributed by atoms with E-state index in [0.29, 0.717) is 31.3 Å². The van der Waals surface area contributed by atoms with Gasteiger partial charge in [0.15, 0.2) is 0 Å². The summed E-state index contributed by atoms with van der Waals surface area (Å²) in [6.45, 7) is 3.60. The van der Waals surface area contributed by atoms with Crippen LogP contribution in [-0.2, 0) is 4.74 Å². The number of hydrogen-bond donors (Lipinski definition) is 1. The number of ether oxygens (including phenoxy) is 1. The largest absolute Gasteiger partial charge is 0.380 e. The number of carbonyl (C=O) groups excluding carboxylic acids is 1. The average molecular weight is 257 g/mol. The van der Waals surface area contributed by atoms with E-state index in [-0.39, 0.29) is 5.91 Å². The Morgan fingerprint density at radius 3 is 3.06 bits per heavy atom. The number of aromatic nitrogens is 1. The molecule has 0 saturated heterocycles. The van der Waals surface area contributed by atoms with E-state index >= 15 is 0 Å². The van der Waals surface area contributed by atoms with Gasteiger partial charge in [-0.25, -0.2) is 0 Å². The number of rotatable bonds is 7. The fourth-order valence-electron chi connectivity index (χ4n) is 1.34. The van der Waals surface area contributed by atoms with Crippen molar-refractivity contribution in [3.63, 3.8) is 0 Å². The van der Waals surface area contributed by atoms with Gasteiger partial charge in [-0.3, -0.25) is 9.78 Å². The molecule has 0 spiro atoms. The lowest BCUT2D eigenvalue weighted by Crippen LogP contribution is -2.26. The van der Waals surface area contributed by atoms with Gasteiger partial charge in [0.05, 0.1) is 6.61 Å². The van der Waals surface area contributed by atoms with Crippen LogP contribution in [0.5, 0.6) is 0 Å². The highest BCUT2D eigenvalue weighted by Gasteiger charge is 2.08. The highest BCUT2D eigenvalue weighted by atomic mass is 35.5. The van der Waals surface area contributed by atoms with Gasteiger partial charge < -0.3 is 10.1 Å². The summed E-state index contributed by atoms with van der Waals surface area (Å²) in [5.41, 5.74) is 1.36. The molecule has 1 amide bonds. The summed E-state index contributed by atoms with van der Waals surface area (Å²) in [6.07, 6.45) is 2.39. The molecular weight excluding hydrogens is 240 g/mol. The van der Waals surface area contributed by atoms with Crippen LogP contribution in [0.25, 0.3) is 0 Å². The number of carbonyl (C=O) groups is 1. The van der Waals surface area contributed by atoms with E-state index in [1.165, 1.54) is 0 Å². The lowest BCUT2D eigenvalue weighted by Gasteiger charge is -2.06. The average Bonchev–Trinajstić information content (AvgIpc) is 2.34. The van der Waals surface area contributed by atoms with E-state index in [1.807, 2.05) is 19.1 Å². The highest BCUT2D eigenvalue weighted by molar-refractivity contribution is 6.17. The zero-order valence-corrected chi connectivity index (χ0v) is 10.7. The van der Waals surface area contributed by atoms with Crippen molar-refractivity contribution < 1.29 is 9.53 Å². The summed E-state index contributed by atoms with van der Waals surface area (Å²) in [5, 5.41) is 2.80. The molecule has 1 rings (SSSR count). The topological polar surface area (TPSA) is 51.2 Å². The standard InChI is InChI=1S/C12H17ClN2O2/c1-10-4-2-6-14-11(10)12(16)15-7-3-8-17-9-5-13/h2,4,6H,3,5,7-9H2,1H3,(H,15,16). The van der Waals surface area contributed by atoms with E-state index in [2.05, 4.69) is 10.3 Å². The third-order valence-electron chi connectivity index (χ3n) is 2.20. The molecule has 0 atom stereocenters. The van der Waals surface area contributed by atoms with Crippen molar-refractivity contribution in [3.05, 3.63) is 29.6 Å². The molecule has 0 bridgehead atoms. The van der Waals surface area contributed by atoms with Crippen molar-refractivity contribution in [2.24, 2.45) is 0 Å². The fraction of sp³-hybridized carbons (Fsp3) is 0.500. The molecule has 0 aliphatic carbocycles. The number of hydrogen-bond acceptors (Lipinski definition) is 3. The first-order valence-electron chi connectivity index (χ1n) is 5.59. The fourth-order valence-corrected chi connectivity index (χ4v) is 1.45. The Labute approximate surface area is 106 Å². The first kappa shape index (κ1) is 13.9. The summed E-state index contributed by atoms with van der Waals surface area (Å²) in [4.78, 5) is 15.8. The van der Waals surface area contributed by atoms with Crippen LogP contribution in [0.3, 0.4) is 0 Å². The van der Waals surface area contributed by atoms with Crippen LogP contribution in [0.2, 0.25) is 0 Å². The number of amides is 1. The van der Waals surface area contributed by atoms with Gasteiger partial charge in [0.25, 0.3) is 5.91 Å². The smallest absolute Gasteiger partial charge is 0.270 e. The molecule has 5 heteroatoms. The maximum Gasteiger partial charge on any atom is 0.270 e. The van der Waals surface area contributed by atoms with Crippen molar-refractivity contribution in [3.8, 4) is 0 Å². The predicted octanol–water partition coefficient (Wildman–Crippen LogP) is 1.77. The van der Waals surface area contributed by atoms with E-state index in [0.717, 1.165) is 12.0 Å². The molecular formula is C12H17ClN2O2. The van der Waals surface area contributed by atoms with E-state index in [9.17, 15) is 4.79 Å². The van der Waals surface area contributed by atoms with Gasteiger partial charge in [-0.05, 0) is 25.0 Å². The van der Waals surface area contributed by atoms with Gasteiger partial charge in [-0.2, -0.15) is 0 Å². The van der Waals surface area contributed by atoms with Crippen LogP contribution in [0.4, 0.5) is 0 Å². The Morgan fingerprint density at radius 2 is 2.35 bits per heavy atom. The maximum absolute atomic E-state index is 11.7. The van der Waals surface area contributed by atoms with Gasteiger partial charge in [0.2, 0.25) is 0 Å². The predicted molar refractivity (Wildman–Crippen MR) is 67.5 cm³/mol. The van der Waals surface area contributed by atoms with Crippen molar-refractivity contribution in [2.75, 3.05) is 25.6 Å². The second kappa shape index (κ2) is 8.03. The molecule has 1 aromatic rings. The second-order valence-corrected chi connectivity index (χ2v) is 3.96. The summed E-state index contributed by atoms with van der Waals surface area (Å²) in [5.74, 6) is 0.361. The zero-order valence-electron chi connectivity index (χ0n) is 9.91. The summed E-state index contributed by atoms with van der Waals surface area (Å²) in [7, 11) is 0. The third-order valence-corrected chi connectivity index (χ3v) is 2.35. The molecule has 0 fully saturated rings. The van der Waals surface area contributed by atoms with Crippen LogP contribution in [0.1, 0.15) is 22.5 Å². The van der Waals surface area contributed by atoms with Gasteiger partial charge in [0, 0.05) is 25.2 Å². The minimum atomic E-state index is -0.138. The molecule has 0 unspecified atom stereocenters. The molecule has 0 aliphatic rings. The summed E-state index contributed by atoms with van der Waals surface area (Å²) < 4.78 is 5.20. The Kier molecular flexibility index (Phi) is 6.58. The highest BCUT2D eigenvalue weighted by Crippen LogP contribution is 2.02. The lowest BCUT2D eigenvalue weighted by molar-refractivity contribution is 0.0939. The molecule has 0 radical (unpaired) electrons. The lowest BCUT2D eigenvalue weighted by atomic mass is 10.2. The van der Waals surface area contributed by atoms with Crippen molar-refractivity contribution in [2.45, 2.75) is 13.3 Å². The molecule has 0 aromatic carbocycles. The van der Waals surface area contributed by atoms with Gasteiger partial charge in [-0.15, -0.1) is 11.6 Å². The summed E-state index contributed by atoms with van der Waals surface area (Å²) >= 11 is 5.46. The number of nitrogens with one attached hydrogen (secondary N) is 1. The molecule has 0 saturated carbocycles. The van der Waals surface area contributed by atoms with E-state index < -0.39 is 0 Å². The van der Waals surface area contributed by atoms with Crippen molar-refractivity contribution in [1.82, 2.24) is 10.3 Å². The number of nitrogens with zero attached hydrogens (tertiary/aromatic N) is 1. The normalized spacial score (nSPS) is 10.2. The third kappa shape index (κ3) is 5.15. The molecule has 0 aliphatic heterocycles. The molecule has 1 heterocycles.